The fourth-order valence-electron chi connectivity index (χ4n) is 1.89. The molecule has 0 saturated carbocycles. The van der Waals surface area contributed by atoms with Crippen LogP contribution < -0.4 is 5.32 Å². The second-order valence-corrected chi connectivity index (χ2v) is 6.30. The molecule has 1 aromatic rings. The maximum Gasteiger partial charge on any atom is 0.0642 e. The highest BCUT2D eigenvalue weighted by molar-refractivity contribution is 7.84. The van der Waals surface area contributed by atoms with Crippen LogP contribution in [0.5, 0.6) is 0 Å². The Morgan fingerprint density at radius 2 is 2.00 bits per heavy atom. The van der Waals surface area contributed by atoms with Crippen LogP contribution in [-0.4, -0.2) is 41.4 Å². The Morgan fingerprint density at radius 1 is 1.37 bits per heavy atom. The molecule has 19 heavy (non-hydrogen) atoms. The highest BCUT2D eigenvalue weighted by Gasteiger charge is 2.22. The normalized spacial score (nSPS) is 16.0. The molecule has 1 aromatic carbocycles. The molecule has 0 amide bonds. The third kappa shape index (κ3) is 5.40. The van der Waals surface area contributed by atoms with Gasteiger partial charge in [-0.15, -0.1) is 0 Å². The standard InChI is InChI=1S/C14H23NO3S/c1-14(8-9-16,11-18-2)15-10-12-4-6-13(7-5-12)19(3)17/h4-7,15-16H,8-11H2,1-3H3. The van der Waals surface area contributed by atoms with Crippen molar-refractivity contribution in [3.05, 3.63) is 29.8 Å². The first-order chi connectivity index (χ1) is 9.00. The Balaban J connectivity index is 2.61. The van der Waals surface area contributed by atoms with Gasteiger partial charge in [0.15, 0.2) is 0 Å². The van der Waals surface area contributed by atoms with Crippen molar-refractivity contribution in [1.82, 2.24) is 5.32 Å². The van der Waals surface area contributed by atoms with Gasteiger partial charge >= 0.3 is 0 Å². The van der Waals surface area contributed by atoms with Gasteiger partial charge in [0.2, 0.25) is 0 Å². The molecule has 4 nitrogen and oxygen atoms in total. The maximum absolute atomic E-state index is 11.3. The van der Waals surface area contributed by atoms with E-state index in [4.69, 9.17) is 9.84 Å². The van der Waals surface area contributed by atoms with Gasteiger partial charge in [0.05, 0.1) is 6.61 Å². The van der Waals surface area contributed by atoms with Crippen LogP contribution in [0.15, 0.2) is 29.2 Å². The third-order valence-electron chi connectivity index (χ3n) is 3.10. The number of hydrogen-bond donors (Lipinski definition) is 2. The van der Waals surface area contributed by atoms with Crippen molar-refractivity contribution in [3.8, 4) is 0 Å². The monoisotopic (exact) mass is 285 g/mol. The van der Waals surface area contributed by atoms with E-state index < -0.39 is 10.8 Å². The van der Waals surface area contributed by atoms with Crippen LogP contribution >= 0.6 is 0 Å². The van der Waals surface area contributed by atoms with Gasteiger partial charge in [-0.1, -0.05) is 12.1 Å². The lowest BCUT2D eigenvalue weighted by Crippen LogP contribution is -2.46. The van der Waals surface area contributed by atoms with Crippen LogP contribution in [-0.2, 0) is 22.1 Å². The largest absolute Gasteiger partial charge is 0.396 e. The Hall–Kier alpha value is -0.750. The first-order valence-corrected chi connectivity index (χ1v) is 7.84. The molecule has 2 unspecified atom stereocenters. The second-order valence-electron chi connectivity index (χ2n) is 4.92. The average Bonchev–Trinajstić information content (AvgIpc) is 2.37. The average molecular weight is 285 g/mol. The number of aliphatic hydroxyl groups excluding tert-OH is 1. The number of rotatable bonds is 8. The Bertz CT molecular complexity index is 400. The van der Waals surface area contributed by atoms with E-state index in [2.05, 4.69) is 5.32 Å². The molecule has 0 aliphatic carbocycles. The summed E-state index contributed by atoms with van der Waals surface area (Å²) >= 11 is 0. The highest BCUT2D eigenvalue weighted by Crippen LogP contribution is 2.13. The summed E-state index contributed by atoms with van der Waals surface area (Å²) in [6.45, 7) is 3.39. The lowest BCUT2D eigenvalue weighted by Gasteiger charge is -2.29. The SMILES string of the molecule is COCC(C)(CCO)NCc1ccc(S(C)=O)cc1. The zero-order valence-electron chi connectivity index (χ0n) is 11.8. The Morgan fingerprint density at radius 3 is 2.47 bits per heavy atom. The van der Waals surface area contributed by atoms with Crippen molar-refractivity contribution in [2.45, 2.75) is 30.3 Å². The highest BCUT2D eigenvalue weighted by atomic mass is 32.2. The van der Waals surface area contributed by atoms with E-state index in [1.807, 2.05) is 31.2 Å². The maximum atomic E-state index is 11.3. The molecule has 108 valence electrons. The van der Waals surface area contributed by atoms with E-state index in [1.165, 1.54) is 0 Å². The molecule has 0 heterocycles. The summed E-state index contributed by atoms with van der Waals surface area (Å²) in [6.07, 6.45) is 2.31. The second kappa shape index (κ2) is 7.75. The number of aliphatic hydroxyl groups is 1. The minimum Gasteiger partial charge on any atom is -0.396 e. The van der Waals surface area contributed by atoms with Crippen LogP contribution in [0.3, 0.4) is 0 Å². The summed E-state index contributed by atoms with van der Waals surface area (Å²) in [6, 6.07) is 7.70. The summed E-state index contributed by atoms with van der Waals surface area (Å²) in [4.78, 5) is 0.832. The molecule has 0 aliphatic rings. The molecule has 2 atom stereocenters. The van der Waals surface area contributed by atoms with E-state index in [1.54, 1.807) is 13.4 Å². The van der Waals surface area contributed by atoms with E-state index in [-0.39, 0.29) is 12.1 Å². The van der Waals surface area contributed by atoms with Crippen molar-refractivity contribution in [2.24, 2.45) is 0 Å². The quantitative estimate of drug-likeness (QED) is 0.756. The predicted octanol–water partition coefficient (Wildman–Crippen LogP) is 1.30. The summed E-state index contributed by atoms with van der Waals surface area (Å²) in [7, 11) is 0.718. The molecule has 0 saturated heterocycles. The third-order valence-corrected chi connectivity index (χ3v) is 4.04. The molecular weight excluding hydrogens is 262 g/mol. The molecule has 0 spiro atoms. The van der Waals surface area contributed by atoms with Gasteiger partial charge in [0.25, 0.3) is 0 Å². The first kappa shape index (κ1) is 16.3. The van der Waals surface area contributed by atoms with E-state index in [0.717, 1.165) is 10.5 Å². The molecule has 1 rings (SSSR count). The Labute approximate surface area is 117 Å². The fourth-order valence-corrected chi connectivity index (χ4v) is 2.41. The smallest absolute Gasteiger partial charge is 0.0642 e. The lowest BCUT2D eigenvalue weighted by molar-refractivity contribution is 0.0969. The van der Waals surface area contributed by atoms with Crippen LogP contribution in [0, 0.1) is 0 Å². The van der Waals surface area contributed by atoms with Crippen molar-refractivity contribution in [2.75, 3.05) is 26.6 Å². The molecular formula is C14H23NO3S. The summed E-state index contributed by atoms with van der Waals surface area (Å²) in [5, 5.41) is 12.5. The number of hydrogen-bond acceptors (Lipinski definition) is 4. The summed E-state index contributed by atoms with van der Waals surface area (Å²) in [5.41, 5.74) is 0.880. The Kier molecular flexibility index (Phi) is 6.65. The van der Waals surface area contributed by atoms with E-state index >= 15 is 0 Å². The topological polar surface area (TPSA) is 58.6 Å². The fraction of sp³-hybridized carbons (Fsp3) is 0.571. The van der Waals surface area contributed by atoms with Crippen LogP contribution in [0.25, 0.3) is 0 Å². The summed E-state index contributed by atoms with van der Waals surface area (Å²) in [5.74, 6) is 0. The van der Waals surface area contributed by atoms with Gasteiger partial charge in [-0.2, -0.15) is 0 Å². The minimum absolute atomic E-state index is 0.126. The predicted molar refractivity (Wildman–Crippen MR) is 77.6 cm³/mol. The van der Waals surface area contributed by atoms with Gasteiger partial charge in [-0.25, -0.2) is 0 Å². The van der Waals surface area contributed by atoms with Crippen LogP contribution in [0.1, 0.15) is 18.9 Å². The molecule has 0 aromatic heterocycles. The van der Waals surface area contributed by atoms with Gasteiger partial charge < -0.3 is 15.2 Å². The van der Waals surface area contributed by atoms with Gasteiger partial charge in [-0.05, 0) is 31.0 Å². The molecule has 0 bridgehead atoms. The van der Waals surface area contributed by atoms with Gasteiger partial charge in [0.1, 0.15) is 0 Å². The lowest BCUT2D eigenvalue weighted by atomic mass is 9.99. The molecule has 0 radical (unpaired) electrons. The number of nitrogens with one attached hydrogen (secondary N) is 1. The van der Waals surface area contributed by atoms with E-state index in [9.17, 15) is 4.21 Å². The zero-order chi connectivity index (χ0) is 14.3. The number of ether oxygens (including phenoxy) is 1. The van der Waals surface area contributed by atoms with Gasteiger partial charge in [-0.3, -0.25) is 4.21 Å². The first-order valence-electron chi connectivity index (χ1n) is 6.28. The number of benzene rings is 1. The van der Waals surface area contributed by atoms with Crippen molar-refractivity contribution >= 4 is 10.8 Å². The minimum atomic E-state index is -0.938. The molecule has 2 N–H and O–H groups in total. The van der Waals surface area contributed by atoms with Crippen LogP contribution in [0.4, 0.5) is 0 Å². The van der Waals surface area contributed by atoms with Crippen molar-refractivity contribution in [1.29, 1.82) is 0 Å². The van der Waals surface area contributed by atoms with Crippen molar-refractivity contribution in [3.63, 3.8) is 0 Å². The van der Waals surface area contributed by atoms with Gasteiger partial charge in [0, 0.05) is 47.8 Å². The summed E-state index contributed by atoms with van der Waals surface area (Å²) < 4.78 is 16.5. The van der Waals surface area contributed by atoms with Crippen molar-refractivity contribution < 1.29 is 14.1 Å². The van der Waals surface area contributed by atoms with Crippen LogP contribution in [0.2, 0.25) is 0 Å². The molecule has 0 fully saturated rings. The van der Waals surface area contributed by atoms with E-state index in [0.29, 0.717) is 19.6 Å². The molecule has 0 aliphatic heterocycles. The molecule has 5 heteroatoms. The zero-order valence-corrected chi connectivity index (χ0v) is 12.6. The number of methoxy groups -OCH3 is 1.